The zero-order valence-electron chi connectivity index (χ0n) is 10.7. The van der Waals surface area contributed by atoms with E-state index in [1.165, 1.54) is 0 Å². The van der Waals surface area contributed by atoms with E-state index in [0.717, 1.165) is 25.0 Å². The number of carbonyl (C=O) groups is 2. The van der Waals surface area contributed by atoms with E-state index >= 15 is 0 Å². The molecule has 2 unspecified atom stereocenters. The highest BCUT2D eigenvalue weighted by Gasteiger charge is 2.32. The summed E-state index contributed by atoms with van der Waals surface area (Å²) in [6.07, 6.45) is 2.68. The van der Waals surface area contributed by atoms with E-state index in [1.807, 2.05) is 0 Å². The van der Waals surface area contributed by atoms with Crippen LogP contribution in [0, 0.1) is 17.6 Å². The molecule has 1 amide bonds. The Morgan fingerprint density at radius 2 is 1.70 bits per heavy atom. The first-order valence-electron chi connectivity index (χ1n) is 6.47. The maximum absolute atomic E-state index is 13.1. The van der Waals surface area contributed by atoms with Gasteiger partial charge in [-0.1, -0.05) is 12.8 Å². The number of amides is 1. The average molecular weight is 283 g/mol. The first-order valence-corrected chi connectivity index (χ1v) is 6.47. The first kappa shape index (κ1) is 14.4. The molecule has 2 rings (SSSR count). The lowest BCUT2D eigenvalue weighted by Gasteiger charge is -2.29. The second-order valence-electron chi connectivity index (χ2n) is 4.97. The normalized spacial score (nSPS) is 22.3. The molecule has 0 spiro atoms. The molecular weight excluding hydrogens is 268 g/mol. The number of aliphatic carboxylic acids is 1. The number of halogens is 2. The van der Waals surface area contributed by atoms with Gasteiger partial charge in [-0.3, -0.25) is 9.59 Å². The lowest BCUT2D eigenvalue weighted by Crippen LogP contribution is -2.45. The summed E-state index contributed by atoms with van der Waals surface area (Å²) in [6.45, 7) is 0. The van der Waals surface area contributed by atoms with Crippen molar-refractivity contribution in [2.24, 2.45) is 5.92 Å². The summed E-state index contributed by atoms with van der Waals surface area (Å²) in [5, 5.41) is 11.7. The molecule has 1 aromatic rings. The van der Waals surface area contributed by atoms with Gasteiger partial charge < -0.3 is 10.4 Å². The van der Waals surface area contributed by atoms with Crippen LogP contribution in [0.15, 0.2) is 18.2 Å². The van der Waals surface area contributed by atoms with Crippen LogP contribution < -0.4 is 5.32 Å². The summed E-state index contributed by atoms with van der Waals surface area (Å²) in [4.78, 5) is 23.1. The van der Waals surface area contributed by atoms with Crippen molar-refractivity contribution in [3.8, 4) is 0 Å². The highest BCUT2D eigenvalue weighted by atomic mass is 19.1. The summed E-state index contributed by atoms with van der Waals surface area (Å²) >= 11 is 0. The van der Waals surface area contributed by atoms with Gasteiger partial charge in [0.2, 0.25) is 0 Å². The maximum atomic E-state index is 13.1. The van der Waals surface area contributed by atoms with E-state index in [4.69, 9.17) is 5.11 Å². The van der Waals surface area contributed by atoms with Crippen molar-refractivity contribution in [3.63, 3.8) is 0 Å². The van der Waals surface area contributed by atoms with Crippen LogP contribution in [0.3, 0.4) is 0 Å². The summed E-state index contributed by atoms with van der Waals surface area (Å²) in [5.74, 6) is -3.93. The minimum Gasteiger partial charge on any atom is -0.481 e. The molecule has 6 heteroatoms. The van der Waals surface area contributed by atoms with Crippen molar-refractivity contribution >= 4 is 11.9 Å². The molecule has 108 valence electrons. The third-order valence-corrected chi connectivity index (χ3v) is 3.52. The maximum Gasteiger partial charge on any atom is 0.308 e. The number of carbonyl (C=O) groups excluding carboxylic acids is 1. The third-order valence-electron chi connectivity index (χ3n) is 3.52. The van der Waals surface area contributed by atoms with Crippen molar-refractivity contribution in [2.45, 2.75) is 31.7 Å². The predicted octanol–water partition coefficient (Wildman–Crippen LogP) is 2.34. The summed E-state index contributed by atoms with van der Waals surface area (Å²) < 4.78 is 26.1. The van der Waals surface area contributed by atoms with Crippen molar-refractivity contribution < 1.29 is 23.5 Å². The van der Waals surface area contributed by atoms with Crippen LogP contribution in [-0.2, 0) is 4.79 Å². The molecule has 1 aliphatic rings. The van der Waals surface area contributed by atoms with E-state index in [0.29, 0.717) is 18.9 Å². The lowest BCUT2D eigenvalue weighted by atomic mass is 9.84. The molecular formula is C14H15F2NO3. The second kappa shape index (κ2) is 5.98. The van der Waals surface area contributed by atoms with Crippen LogP contribution in [0.2, 0.25) is 0 Å². The molecule has 1 saturated carbocycles. The molecule has 1 fully saturated rings. The smallest absolute Gasteiger partial charge is 0.308 e. The number of carboxylic acid groups (broad SMARTS) is 1. The Hall–Kier alpha value is -1.98. The minimum atomic E-state index is -0.958. The Balaban J connectivity index is 2.11. The molecule has 0 bridgehead atoms. The van der Waals surface area contributed by atoms with Crippen LogP contribution in [0.1, 0.15) is 36.0 Å². The summed E-state index contributed by atoms with van der Waals surface area (Å²) in [6, 6.07) is 2.03. The minimum absolute atomic E-state index is 0.141. The standard InChI is InChI=1S/C14H15F2NO3/c15-9-5-8(6-10(16)7-9)13(18)17-12-4-2-1-3-11(12)14(19)20/h5-7,11-12H,1-4H2,(H,17,18)(H,19,20). The van der Waals surface area contributed by atoms with Gasteiger partial charge in [0.05, 0.1) is 5.92 Å². The number of carboxylic acids is 1. The SMILES string of the molecule is O=C(NC1CCCCC1C(=O)O)c1cc(F)cc(F)c1. The van der Waals surface area contributed by atoms with Crippen molar-refractivity contribution in [1.29, 1.82) is 0 Å². The van der Waals surface area contributed by atoms with Gasteiger partial charge >= 0.3 is 5.97 Å². The third kappa shape index (κ3) is 3.31. The fourth-order valence-corrected chi connectivity index (χ4v) is 2.54. The topological polar surface area (TPSA) is 66.4 Å². The zero-order valence-corrected chi connectivity index (χ0v) is 10.7. The van der Waals surface area contributed by atoms with E-state index in [2.05, 4.69) is 5.32 Å². The highest BCUT2D eigenvalue weighted by Crippen LogP contribution is 2.25. The van der Waals surface area contributed by atoms with Crippen LogP contribution in [0.25, 0.3) is 0 Å². The van der Waals surface area contributed by atoms with E-state index in [-0.39, 0.29) is 5.56 Å². The second-order valence-corrected chi connectivity index (χ2v) is 4.97. The zero-order chi connectivity index (χ0) is 14.7. The van der Waals surface area contributed by atoms with Crippen LogP contribution in [0.5, 0.6) is 0 Å². The number of benzene rings is 1. The molecule has 4 nitrogen and oxygen atoms in total. The molecule has 0 aromatic heterocycles. The Morgan fingerprint density at radius 3 is 2.30 bits per heavy atom. The fraction of sp³-hybridized carbons (Fsp3) is 0.429. The Kier molecular flexibility index (Phi) is 4.32. The molecule has 0 heterocycles. The summed E-state index contributed by atoms with van der Waals surface area (Å²) in [7, 11) is 0. The van der Waals surface area contributed by atoms with E-state index < -0.39 is 35.5 Å². The van der Waals surface area contributed by atoms with Crippen LogP contribution in [-0.4, -0.2) is 23.0 Å². The van der Waals surface area contributed by atoms with Gasteiger partial charge in [0.15, 0.2) is 0 Å². The summed E-state index contributed by atoms with van der Waals surface area (Å²) in [5.41, 5.74) is -0.141. The predicted molar refractivity (Wildman–Crippen MR) is 67.2 cm³/mol. The molecule has 1 aliphatic carbocycles. The Morgan fingerprint density at radius 1 is 1.10 bits per heavy atom. The van der Waals surface area contributed by atoms with E-state index in [1.54, 1.807) is 0 Å². The molecule has 0 radical (unpaired) electrons. The van der Waals surface area contributed by atoms with Crippen LogP contribution in [0.4, 0.5) is 8.78 Å². The van der Waals surface area contributed by atoms with Gasteiger partial charge in [-0.15, -0.1) is 0 Å². The molecule has 0 aliphatic heterocycles. The number of hydrogen-bond donors (Lipinski definition) is 2. The number of nitrogens with one attached hydrogen (secondary N) is 1. The molecule has 20 heavy (non-hydrogen) atoms. The van der Waals surface area contributed by atoms with Crippen LogP contribution >= 0.6 is 0 Å². The van der Waals surface area contributed by atoms with Gasteiger partial charge in [0.25, 0.3) is 5.91 Å². The number of rotatable bonds is 3. The average Bonchev–Trinajstić information content (AvgIpc) is 2.37. The van der Waals surface area contributed by atoms with E-state index in [9.17, 15) is 18.4 Å². The van der Waals surface area contributed by atoms with Gasteiger partial charge in [0.1, 0.15) is 11.6 Å². The monoisotopic (exact) mass is 283 g/mol. The molecule has 2 N–H and O–H groups in total. The van der Waals surface area contributed by atoms with Gasteiger partial charge in [-0.25, -0.2) is 8.78 Å². The van der Waals surface area contributed by atoms with Crippen molar-refractivity contribution in [3.05, 3.63) is 35.4 Å². The van der Waals surface area contributed by atoms with Crippen molar-refractivity contribution in [1.82, 2.24) is 5.32 Å². The van der Waals surface area contributed by atoms with Gasteiger partial charge in [-0.2, -0.15) is 0 Å². The molecule has 0 saturated heterocycles. The highest BCUT2D eigenvalue weighted by molar-refractivity contribution is 5.94. The van der Waals surface area contributed by atoms with Crippen molar-refractivity contribution in [2.75, 3.05) is 0 Å². The fourth-order valence-electron chi connectivity index (χ4n) is 2.54. The molecule has 2 atom stereocenters. The largest absolute Gasteiger partial charge is 0.481 e. The molecule has 1 aromatic carbocycles. The Labute approximate surface area is 114 Å². The van der Waals surface area contributed by atoms with Gasteiger partial charge in [-0.05, 0) is 25.0 Å². The number of hydrogen-bond acceptors (Lipinski definition) is 2. The first-order chi connectivity index (χ1) is 9.47. The Bertz CT molecular complexity index is 513. The lowest BCUT2D eigenvalue weighted by molar-refractivity contribution is -0.143. The van der Waals surface area contributed by atoms with Gasteiger partial charge in [0, 0.05) is 17.7 Å². The quantitative estimate of drug-likeness (QED) is 0.894.